The van der Waals surface area contributed by atoms with Gasteiger partial charge in [-0.25, -0.2) is 0 Å². The minimum atomic E-state index is 0. The van der Waals surface area contributed by atoms with Crippen molar-refractivity contribution in [2.45, 2.75) is 63.5 Å². The minimum Gasteiger partial charge on any atom is -0.343 e. The second kappa shape index (κ2) is 7.22. The molecule has 1 heterocycles. The molecule has 1 atom stereocenters. The van der Waals surface area contributed by atoms with Crippen molar-refractivity contribution < 1.29 is 4.79 Å². The third-order valence-electron chi connectivity index (χ3n) is 4.13. The Hall–Kier alpha value is -0.280. The van der Waals surface area contributed by atoms with E-state index in [1.165, 1.54) is 38.5 Å². The molecule has 2 aliphatic rings. The summed E-state index contributed by atoms with van der Waals surface area (Å²) < 4.78 is 0. The summed E-state index contributed by atoms with van der Waals surface area (Å²) in [6.07, 6.45) is 9.30. The van der Waals surface area contributed by atoms with Crippen LogP contribution < -0.4 is 5.32 Å². The van der Waals surface area contributed by atoms with Crippen molar-refractivity contribution in [2.75, 3.05) is 13.6 Å². The standard InChI is InChI=1S/C13H24N2O.ClH/c1-15(12-6-2-3-7-12)13(16)9-8-11-5-4-10-14-11;/h11-12,14H,2-10H2,1H3;1H. The minimum absolute atomic E-state index is 0. The topological polar surface area (TPSA) is 32.3 Å². The molecule has 0 radical (unpaired) electrons. The van der Waals surface area contributed by atoms with E-state index < -0.39 is 0 Å². The lowest BCUT2D eigenvalue weighted by Crippen LogP contribution is -2.36. The van der Waals surface area contributed by atoms with Crippen molar-refractivity contribution in [3.8, 4) is 0 Å². The number of halogens is 1. The normalized spacial score (nSPS) is 24.6. The number of nitrogens with zero attached hydrogens (tertiary/aromatic N) is 1. The highest BCUT2D eigenvalue weighted by Gasteiger charge is 2.24. The Morgan fingerprint density at radius 1 is 1.24 bits per heavy atom. The maximum atomic E-state index is 12.0. The molecule has 1 N–H and O–H groups in total. The zero-order chi connectivity index (χ0) is 11.4. The number of amides is 1. The van der Waals surface area contributed by atoms with Gasteiger partial charge in [-0.05, 0) is 38.6 Å². The fourth-order valence-corrected chi connectivity index (χ4v) is 2.97. The summed E-state index contributed by atoms with van der Waals surface area (Å²) in [6.45, 7) is 1.14. The molecule has 100 valence electrons. The molecule has 1 saturated heterocycles. The SMILES string of the molecule is CN(C(=O)CCC1CCCN1)C1CCCC1.Cl. The molecule has 1 aliphatic carbocycles. The number of carbonyl (C=O) groups excluding carboxylic acids is 1. The summed E-state index contributed by atoms with van der Waals surface area (Å²) in [5.41, 5.74) is 0. The van der Waals surface area contributed by atoms with E-state index in [4.69, 9.17) is 0 Å². The molecular formula is C13H25ClN2O. The fourth-order valence-electron chi connectivity index (χ4n) is 2.97. The van der Waals surface area contributed by atoms with Gasteiger partial charge in [-0.2, -0.15) is 0 Å². The Kier molecular flexibility index (Phi) is 6.28. The van der Waals surface area contributed by atoms with Gasteiger partial charge in [0.2, 0.25) is 5.91 Å². The van der Waals surface area contributed by atoms with E-state index in [1.54, 1.807) is 0 Å². The highest BCUT2D eigenvalue weighted by atomic mass is 35.5. The van der Waals surface area contributed by atoms with Crippen molar-refractivity contribution in [1.82, 2.24) is 10.2 Å². The lowest BCUT2D eigenvalue weighted by Gasteiger charge is -2.24. The zero-order valence-electron chi connectivity index (χ0n) is 10.8. The van der Waals surface area contributed by atoms with Gasteiger partial charge in [-0.1, -0.05) is 12.8 Å². The van der Waals surface area contributed by atoms with E-state index in [2.05, 4.69) is 5.32 Å². The largest absolute Gasteiger partial charge is 0.343 e. The Balaban J connectivity index is 0.00000144. The second-order valence-electron chi connectivity index (χ2n) is 5.27. The predicted molar refractivity (Wildman–Crippen MR) is 72.5 cm³/mol. The van der Waals surface area contributed by atoms with E-state index in [9.17, 15) is 4.79 Å². The molecule has 2 fully saturated rings. The van der Waals surface area contributed by atoms with Gasteiger partial charge in [0.1, 0.15) is 0 Å². The average Bonchev–Trinajstić information content (AvgIpc) is 2.96. The predicted octanol–water partition coefficient (Wildman–Crippen LogP) is 2.34. The molecule has 17 heavy (non-hydrogen) atoms. The van der Waals surface area contributed by atoms with E-state index in [0.717, 1.165) is 19.4 Å². The van der Waals surface area contributed by atoms with E-state index in [-0.39, 0.29) is 12.4 Å². The highest BCUT2D eigenvalue weighted by molar-refractivity contribution is 5.85. The smallest absolute Gasteiger partial charge is 0.222 e. The number of hydrogen-bond acceptors (Lipinski definition) is 2. The molecule has 0 aromatic rings. The molecule has 2 rings (SSSR count). The third kappa shape index (κ3) is 4.14. The molecule has 0 aromatic heterocycles. The van der Waals surface area contributed by atoms with Crippen LogP contribution in [-0.4, -0.2) is 36.5 Å². The van der Waals surface area contributed by atoms with Gasteiger partial charge < -0.3 is 10.2 Å². The summed E-state index contributed by atoms with van der Waals surface area (Å²) in [4.78, 5) is 14.0. The van der Waals surface area contributed by atoms with Crippen LogP contribution in [0.5, 0.6) is 0 Å². The van der Waals surface area contributed by atoms with Crippen LogP contribution in [0.4, 0.5) is 0 Å². The number of hydrogen-bond donors (Lipinski definition) is 1. The molecular weight excluding hydrogens is 236 g/mol. The van der Waals surface area contributed by atoms with E-state index in [0.29, 0.717) is 18.0 Å². The van der Waals surface area contributed by atoms with Crippen molar-refractivity contribution >= 4 is 18.3 Å². The average molecular weight is 261 g/mol. The summed E-state index contributed by atoms with van der Waals surface area (Å²) in [6, 6.07) is 1.13. The van der Waals surface area contributed by atoms with Gasteiger partial charge in [0.15, 0.2) is 0 Å². The first-order valence-electron chi connectivity index (χ1n) is 6.76. The molecule has 1 amide bonds. The van der Waals surface area contributed by atoms with Gasteiger partial charge in [-0.3, -0.25) is 4.79 Å². The van der Waals surface area contributed by atoms with Crippen LogP contribution in [0.2, 0.25) is 0 Å². The maximum absolute atomic E-state index is 12.0. The van der Waals surface area contributed by atoms with Crippen LogP contribution >= 0.6 is 12.4 Å². The monoisotopic (exact) mass is 260 g/mol. The van der Waals surface area contributed by atoms with Crippen molar-refractivity contribution in [3.63, 3.8) is 0 Å². The van der Waals surface area contributed by atoms with Crippen LogP contribution in [-0.2, 0) is 4.79 Å². The van der Waals surface area contributed by atoms with Gasteiger partial charge in [-0.15, -0.1) is 12.4 Å². The summed E-state index contributed by atoms with van der Waals surface area (Å²) in [5.74, 6) is 0.348. The van der Waals surface area contributed by atoms with Crippen molar-refractivity contribution in [1.29, 1.82) is 0 Å². The van der Waals surface area contributed by atoms with E-state index >= 15 is 0 Å². The molecule has 1 saturated carbocycles. The Morgan fingerprint density at radius 3 is 2.53 bits per heavy atom. The summed E-state index contributed by atoms with van der Waals surface area (Å²) >= 11 is 0. The molecule has 0 aromatic carbocycles. The first kappa shape index (κ1) is 14.8. The third-order valence-corrected chi connectivity index (χ3v) is 4.13. The number of carbonyl (C=O) groups is 1. The van der Waals surface area contributed by atoms with Crippen LogP contribution in [0.25, 0.3) is 0 Å². The molecule has 3 nitrogen and oxygen atoms in total. The lowest BCUT2D eigenvalue weighted by atomic mass is 10.1. The Bertz CT molecular complexity index is 236. The van der Waals surface area contributed by atoms with Crippen LogP contribution in [0.1, 0.15) is 51.4 Å². The lowest BCUT2D eigenvalue weighted by molar-refractivity contribution is -0.132. The molecule has 1 unspecified atom stereocenters. The Labute approximate surface area is 111 Å². The Morgan fingerprint density at radius 2 is 1.94 bits per heavy atom. The summed E-state index contributed by atoms with van der Waals surface area (Å²) in [7, 11) is 1.99. The van der Waals surface area contributed by atoms with Crippen LogP contribution in [0.15, 0.2) is 0 Å². The number of rotatable bonds is 4. The summed E-state index contributed by atoms with van der Waals surface area (Å²) in [5, 5.41) is 3.45. The van der Waals surface area contributed by atoms with Crippen molar-refractivity contribution in [3.05, 3.63) is 0 Å². The van der Waals surface area contributed by atoms with Crippen LogP contribution in [0.3, 0.4) is 0 Å². The first-order valence-corrected chi connectivity index (χ1v) is 6.76. The van der Waals surface area contributed by atoms with Gasteiger partial charge in [0.05, 0.1) is 0 Å². The van der Waals surface area contributed by atoms with Gasteiger partial charge in [0, 0.05) is 25.6 Å². The zero-order valence-corrected chi connectivity index (χ0v) is 11.6. The quantitative estimate of drug-likeness (QED) is 0.842. The van der Waals surface area contributed by atoms with E-state index in [1.807, 2.05) is 11.9 Å². The molecule has 1 aliphatic heterocycles. The highest BCUT2D eigenvalue weighted by Crippen LogP contribution is 2.23. The van der Waals surface area contributed by atoms with Crippen molar-refractivity contribution in [2.24, 2.45) is 0 Å². The second-order valence-corrected chi connectivity index (χ2v) is 5.27. The maximum Gasteiger partial charge on any atom is 0.222 e. The van der Waals surface area contributed by atoms with Gasteiger partial charge in [0.25, 0.3) is 0 Å². The van der Waals surface area contributed by atoms with Gasteiger partial charge >= 0.3 is 0 Å². The van der Waals surface area contributed by atoms with Crippen LogP contribution in [0, 0.1) is 0 Å². The fraction of sp³-hybridized carbons (Fsp3) is 0.923. The molecule has 0 bridgehead atoms. The first-order chi connectivity index (χ1) is 7.77. The molecule has 0 spiro atoms. The number of nitrogens with one attached hydrogen (secondary N) is 1. The molecule has 4 heteroatoms.